The second-order valence-electron chi connectivity index (χ2n) is 7.51. The van der Waals surface area contributed by atoms with Gasteiger partial charge in [-0.2, -0.15) is 0 Å². The van der Waals surface area contributed by atoms with Crippen LogP contribution in [0.2, 0.25) is 0 Å². The second kappa shape index (κ2) is 9.89. The molecule has 0 unspecified atom stereocenters. The average Bonchev–Trinajstić information content (AvgIpc) is 3.22. The highest BCUT2D eigenvalue weighted by molar-refractivity contribution is 7.80. The SMILES string of the molecule is CC(C)Oc1cccc(C(=O)NC(=S)NCc2ccc(-c3nc4ccccc4s3)cc2)c1. The Morgan fingerprint density at radius 2 is 1.84 bits per heavy atom. The first-order valence-electron chi connectivity index (χ1n) is 10.3. The van der Waals surface area contributed by atoms with Gasteiger partial charge in [-0.1, -0.05) is 42.5 Å². The molecule has 4 aromatic rings. The predicted molar refractivity (Wildman–Crippen MR) is 134 cm³/mol. The zero-order chi connectivity index (χ0) is 22.5. The number of hydrogen-bond acceptors (Lipinski definition) is 5. The molecular formula is C25H23N3O2S2. The molecule has 0 spiro atoms. The number of carbonyl (C=O) groups is 1. The Labute approximate surface area is 196 Å². The normalized spacial score (nSPS) is 10.8. The predicted octanol–water partition coefficient (Wildman–Crippen LogP) is 5.56. The number of nitrogens with one attached hydrogen (secondary N) is 2. The van der Waals surface area contributed by atoms with Gasteiger partial charge < -0.3 is 10.1 Å². The van der Waals surface area contributed by atoms with Crippen molar-refractivity contribution in [2.24, 2.45) is 0 Å². The lowest BCUT2D eigenvalue weighted by Gasteiger charge is -2.12. The van der Waals surface area contributed by atoms with Gasteiger partial charge >= 0.3 is 0 Å². The van der Waals surface area contributed by atoms with Gasteiger partial charge in [-0.05, 0) is 62.0 Å². The van der Waals surface area contributed by atoms with Gasteiger partial charge in [0.25, 0.3) is 5.91 Å². The number of para-hydroxylation sites is 1. The molecule has 1 aromatic heterocycles. The van der Waals surface area contributed by atoms with E-state index < -0.39 is 0 Å². The maximum atomic E-state index is 12.5. The Morgan fingerprint density at radius 1 is 1.06 bits per heavy atom. The third kappa shape index (κ3) is 5.49. The van der Waals surface area contributed by atoms with Crippen LogP contribution < -0.4 is 15.4 Å². The molecule has 0 bridgehead atoms. The summed E-state index contributed by atoms with van der Waals surface area (Å²) >= 11 is 6.97. The largest absolute Gasteiger partial charge is 0.491 e. The lowest BCUT2D eigenvalue weighted by molar-refractivity contribution is 0.0976. The molecule has 162 valence electrons. The molecule has 0 saturated carbocycles. The van der Waals surface area contributed by atoms with Crippen LogP contribution in [-0.4, -0.2) is 22.1 Å². The van der Waals surface area contributed by atoms with E-state index in [9.17, 15) is 4.79 Å². The molecule has 4 rings (SSSR count). The Bertz CT molecular complexity index is 1220. The highest BCUT2D eigenvalue weighted by atomic mass is 32.1. The standard InChI is InChI=1S/C25H23N3O2S2/c1-16(2)30-20-7-5-6-19(14-20)23(29)28-25(31)26-15-17-10-12-18(13-11-17)24-27-21-8-3-4-9-22(21)32-24/h3-14,16H,15H2,1-2H3,(H2,26,28,29,31). The van der Waals surface area contributed by atoms with Crippen LogP contribution in [0.4, 0.5) is 0 Å². The molecule has 0 aliphatic heterocycles. The van der Waals surface area contributed by atoms with Crippen LogP contribution in [0.1, 0.15) is 29.8 Å². The van der Waals surface area contributed by atoms with Gasteiger partial charge in [-0.25, -0.2) is 4.98 Å². The summed E-state index contributed by atoms with van der Waals surface area (Å²) in [6, 6.07) is 23.3. The van der Waals surface area contributed by atoms with E-state index in [-0.39, 0.29) is 17.1 Å². The third-order valence-corrected chi connectivity index (χ3v) is 5.97. The van der Waals surface area contributed by atoms with Crippen LogP contribution in [0.25, 0.3) is 20.8 Å². The van der Waals surface area contributed by atoms with Gasteiger partial charge in [0.05, 0.1) is 16.3 Å². The molecule has 0 aliphatic rings. The second-order valence-corrected chi connectivity index (χ2v) is 8.95. The van der Waals surface area contributed by atoms with Gasteiger partial charge in [-0.15, -0.1) is 11.3 Å². The number of aromatic nitrogens is 1. The first-order valence-corrected chi connectivity index (χ1v) is 11.5. The monoisotopic (exact) mass is 461 g/mol. The number of hydrogen-bond donors (Lipinski definition) is 2. The smallest absolute Gasteiger partial charge is 0.257 e. The number of thiazole rings is 1. The molecule has 5 nitrogen and oxygen atoms in total. The number of ether oxygens (including phenoxy) is 1. The number of amides is 1. The van der Waals surface area contributed by atoms with E-state index in [1.54, 1.807) is 29.5 Å². The first-order chi connectivity index (χ1) is 15.5. The Morgan fingerprint density at radius 3 is 2.59 bits per heavy atom. The zero-order valence-corrected chi connectivity index (χ0v) is 19.4. The van der Waals surface area contributed by atoms with E-state index in [4.69, 9.17) is 21.9 Å². The van der Waals surface area contributed by atoms with Crippen molar-refractivity contribution >= 4 is 44.8 Å². The Kier molecular flexibility index (Phi) is 6.78. The van der Waals surface area contributed by atoms with Crippen LogP contribution in [0.5, 0.6) is 5.75 Å². The van der Waals surface area contributed by atoms with E-state index in [2.05, 4.69) is 28.8 Å². The molecule has 2 N–H and O–H groups in total. The van der Waals surface area contributed by atoms with Crippen LogP contribution >= 0.6 is 23.6 Å². The minimum Gasteiger partial charge on any atom is -0.491 e. The summed E-state index contributed by atoms with van der Waals surface area (Å²) in [5, 5.41) is 7.07. The van der Waals surface area contributed by atoms with Crippen molar-refractivity contribution < 1.29 is 9.53 Å². The third-order valence-electron chi connectivity index (χ3n) is 4.64. The van der Waals surface area contributed by atoms with Crippen LogP contribution in [0.3, 0.4) is 0 Å². The number of thiocarbonyl (C=S) groups is 1. The molecule has 0 saturated heterocycles. The molecule has 0 atom stereocenters. The quantitative estimate of drug-likeness (QED) is 0.368. The highest BCUT2D eigenvalue weighted by Gasteiger charge is 2.10. The molecule has 0 radical (unpaired) electrons. The fourth-order valence-corrected chi connectivity index (χ4v) is 4.28. The molecule has 0 aliphatic carbocycles. The molecule has 1 amide bonds. The summed E-state index contributed by atoms with van der Waals surface area (Å²) < 4.78 is 6.82. The minimum absolute atomic E-state index is 0.0390. The van der Waals surface area contributed by atoms with Crippen molar-refractivity contribution in [3.05, 3.63) is 83.9 Å². The number of carbonyl (C=O) groups excluding carboxylic acids is 1. The maximum absolute atomic E-state index is 12.5. The van der Waals surface area contributed by atoms with Gasteiger partial charge in [0, 0.05) is 17.7 Å². The molecule has 1 heterocycles. The van der Waals surface area contributed by atoms with Crippen molar-refractivity contribution in [3.8, 4) is 16.3 Å². The summed E-state index contributed by atoms with van der Waals surface area (Å²) in [7, 11) is 0. The summed E-state index contributed by atoms with van der Waals surface area (Å²) in [4.78, 5) is 17.2. The van der Waals surface area contributed by atoms with Crippen LogP contribution in [-0.2, 0) is 6.54 Å². The number of rotatable bonds is 6. The van der Waals surface area contributed by atoms with Gasteiger partial charge in [0.1, 0.15) is 10.8 Å². The van der Waals surface area contributed by atoms with Gasteiger partial charge in [-0.3, -0.25) is 10.1 Å². The van der Waals surface area contributed by atoms with Crippen molar-refractivity contribution in [1.82, 2.24) is 15.6 Å². The molecular weight excluding hydrogens is 438 g/mol. The van der Waals surface area contributed by atoms with Gasteiger partial charge in [0.2, 0.25) is 0 Å². The number of fused-ring (bicyclic) bond motifs is 1. The van der Waals surface area contributed by atoms with Crippen molar-refractivity contribution in [3.63, 3.8) is 0 Å². The lowest BCUT2D eigenvalue weighted by Crippen LogP contribution is -2.38. The molecule has 32 heavy (non-hydrogen) atoms. The minimum atomic E-state index is -0.275. The first kappa shape index (κ1) is 21.9. The summed E-state index contributed by atoms with van der Waals surface area (Å²) in [6.45, 7) is 4.39. The summed E-state index contributed by atoms with van der Waals surface area (Å²) in [5.41, 5.74) is 3.64. The molecule has 0 fully saturated rings. The van der Waals surface area contributed by atoms with Crippen molar-refractivity contribution in [2.45, 2.75) is 26.5 Å². The van der Waals surface area contributed by atoms with E-state index in [0.29, 0.717) is 17.9 Å². The fraction of sp³-hybridized carbons (Fsp3) is 0.160. The highest BCUT2D eigenvalue weighted by Crippen LogP contribution is 2.30. The number of nitrogens with zero attached hydrogens (tertiary/aromatic N) is 1. The van der Waals surface area contributed by atoms with Crippen LogP contribution in [0.15, 0.2) is 72.8 Å². The lowest BCUT2D eigenvalue weighted by atomic mass is 10.1. The summed E-state index contributed by atoms with van der Waals surface area (Å²) in [6.07, 6.45) is 0.0390. The van der Waals surface area contributed by atoms with E-state index in [1.165, 1.54) is 4.70 Å². The van der Waals surface area contributed by atoms with E-state index in [1.807, 2.05) is 50.2 Å². The Hall–Kier alpha value is -3.29. The number of benzene rings is 3. The van der Waals surface area contributed by atoms with Crippen molar-refractivity contribution in [1.29, 1.82) is 0 Å². The average molecular weight is 462 g/mol. The van der Waals surface area contributed by atoms with E-state index in [0.717, 1.165) is 21.7 Å². The topological polar surface area (TPSA) is 63.2 Å². The zero-order valence-electron chi connectivity index (χ0n) is 17.8. The van der Waals surface area contributed by atoms with Crippen LogP contribution in [0, 0.1) is 0 Å². The maximum Gasteiger partial charge on any atom is 0.257 e. The molecule has 3 aromatic carbocycles. The van der Waals surface area contributed by atoms with E-state index >= 15 is 0 Å². The fourth-order valence-electron chi connectivity index (χ4n) is 3.15. The molecule has 7 heteroatoms. The van der Waals surface area contributed by atoms with Gasteiger partial charge in [0.15, 0.2) is 5.11 Å². The summed E-state index contributed by atoms with van der Waals surface area (Å²) in [5.74, 6) is 0.377. The van der Waals surface area contributed by atoms with Crippen molar-refractivity contribution in [2.75, 3.05) is 0 Å². The Balaban J connectivity index is 1.32.